The van der Waals surface area contributed by atoms with E-state index in [1.807, 2.05) is 6.07 Å². The molecule has 1 nitrogen and oxygen atoms in total. The number of rotatable bonds is 1. The van der Waals surface area contributed by atoms with Crippen LogP contribution >= 0.6 is 0 Å². The van der Waals surface area contributed by atoms with E-state index in [9.17, 15) is 0 Å². The van der Waals surface area contributed by atoms with Crippen LogP contribution in [0.25, 0.3) is 0 Å². The van der Waals surface area contributed by atoms with Crippen molar-refractivity contribution in [2.75, 3.05) is 21.1 Å². The van der Waals surface area contributed by atoms with Crippen molar-refractivity contribution < 1.29 is 4.70 Å². The summed E-state index contributed by atoms with van der Waals surface area (Å²) in [4.78, 5) is 0. The third kappa shape index (κ3) is 2.68. The van der Waals surface area contributed by atoms with Crippen LogP contribution in [0.3, 0.4) is 0 Å². The van der Waals surface area contributed by atoms with Crippen molar-refractivity contribution in [3.8, 4) is 0 Å². The first kappa shape index (κ1) is 10.1. The van der Waals surface area contributed by atoms with E-state index in [-0.39, 0.29) is 4.70 Å². The van der Waals surface area contributed by atoms with Gasteiger partial charge in [-0.1, -0.05) is 18.2 Å². The maximum absolute atomic E-state index is 2.16. The second-order valence-electron chi connectivity index (χ2n) is 3.35. The van der Waals surface area contributed by atoms with Crippen molar-refractivity contribution in [3.63, 3.8) is 0 Å². The molecule has 0 unspecified atom stereocenters. The lowest BCUT2D eigenvalue weighted by atomic mass is 10.3. The number of para-hydroxylation sites is 1. The molecule has 0 spiro atoms. The quantitative estimate of drug-likeness (QED) is 0.451. The van der Waals surface area contributed by atoms with Crippen molar-refractivity contribution in [3.05, 3.63) is 30.3 Å². The van der Waals surface area contributed by atoms with Gasteiger partial charge in [-0.15, -0.1) is 0 Å². The number of quaternary nitrogens is 1. The zero-order chi connectivity index (χ0) is 7.61. The summed E-state index contributed by atoms with van der Waals surface area (Å²) in [5.74, 6) is 0. The first-order chi connectivity index (χ1) is 4.61. The van der Waals surface area contributed by atoms with Crippen molar-refractivity contribution in [2.24, 2.45) is 0 Å². The minimum atomic E-state index is 0. The summed E-state index contributed by atoms with van der Waals surface area (Å²) in [5, 5.41) is 0. The molecule has 0 heterocycles. The lowest BCUT2D eigenvalue weighted by Gasteiger charge is -2.22. The van der Waals surface area contributed by atoms with Crippen LogP contribution in [0.5, 0.6) is 0 Å². The molecule has 0 aliphatic rings. The Morgan fingerprint density at radius 1 is 0.909 bits per heavy atom. The normalized spacial score (nSPS) is 10.5. The zero-order valence-electron chi connectivity index (χ0n) is 7.21. The fraction of sp³-hybridized carbons (Fsp3) is 0.333. The van der Waals surface area contributed by atoms with Crippen molar-refractivity contribution in [1.29, 1.82) is 0 Å². The topological polar surface area (TPSA) is 0 Å². The van der Waals surface area contributed by atoms with E-state index in [1.165, 1.54) is 5.69 Å². The van der Waals surface area contributed by atoms with Gasteiger partial charge in [0.1, 0.15) is 5.69 Å². The Labute approximate surface area is 67.2 Å². The molecule has 0 atom stereocenters. The summed E-state index contributed by atoms with van der Waals surface area (Å²) >= 11 is 0. The highest BCUT2D eigenvalue weighted by Crippen LogP contribution is 2.14. The van der Waals surface area contributed by atoms with Gasteiger partial charge in [-0.3, -0.25) is 4.48 Å². The smallest absolute Gasteiger partial charge is 0.132 e. The molecule has 0 aromatic heterocycles. The van der Waals surface area contributed by atoms with Gasteiger partial charge in [-0.05, 0) is 12.1 Å². The highest BCUT2D eigenvalue weighted by atomic mass is 19.0. The molecule has 0 saturated heterocycles. The molecule has 1 aromatic rings. The van der Waals surface area contributed by atoms with E-state index in [0.717, 1.165) is 4.48 Å². The number of halogens is 1. The molecule has 0 aliphatic carbocycles. The molecular weight excluding hydrogens is 141 g/mol. The largest absolute Gasteiger partial charge is 1.00 e. The van der Waals surface area contributed by atoms with Crippen LogP contribution in [0, 0.1) is 0 Å². The molecule has 11 heavy (non-hydrogen) atoms. The van der Waals surface area contributed by atoms with Crippen LogP contribution in [-0.2, 0) is 0 Å². The lowest BCUT2D eigenvalue weighted by Crippen LogP contribution is -3.00. The summed E-state index contributed by atoms with van der Waals surface area (Å²) < 4.78 is 0.890. The van der Waals surface area contributed by atoms with E-state index >= 15 is 0 Å². The first-order valence-corrected chi connectivity index (χ1v) is 3.48. The van der Waals surface area contributed by atoms with Gasteiger partial charge >= 0.3 is 0 Å². The van der Waals surface area contributed by atoms with Gasteiger partial charge < -0.3 is 4.70 Å². The maximum atomic E-state index is 2.16. The second-order valence-corrected chi connectivity index (χ2v) is 3.35. The molecule has 0 aliphatic heterocycles. The first-order valence-electron chi connectivity index (χ1n) is 3.48. The molecule has 0 saturated carbocycles. The fourth-order valence-corrected chi connectivity index (χ4v) is 0.875. The molecule has 1 aromatic carbocycles. The van der Waals surface area contributed by atoms with Crippen molar-refractivity contribution >= 4 is 5.69 Å². The summed E-state index contributed by atoms with van der Waals surface area (Å²) in [6.45, 7) is 0. The SMILES string of the molecule is C[N+](C)(C)c1ccccc1.[F-]. The molecule has 2 heteroatoms. The van der Waals surface area contributed by atoms with Gasteiger partial charge in [0, 0.05) is 0 Å². The number of nitrogens with zero attached hydrogens (tertiary/aromatic N) is 1. The summed E-state index contributed by atoms with van der Waals surface area (Å²) in [6.07, 6.45) is 0. The summed E-state index contributed by atoms with van der Waals surface area (Å²) in [5.41, 5.74) is 1.34. The number of hydrogen-bond donors (Lipinski definition) is 0. The minimum absolute atomic E-state index is 0. The average Bonchev–Trinajstić information content (AvgIpc) is 1.88. The van der Waals surface area contributed by atoms with Crippen molar-refractivity contribution in [1.82, 2.24) is 4.48 Å². The highest BCUT2D eigenvalue weighted by Gasteiger charge is 2.08. The van der Waals surface area contributed by atoms with Crippen molar-refractivity contribution in [2.45, 2.75) is 0 Å². The van der Waals surface area contributed by atoms with Crippen LogP contribution < -0.4 is 9.19 Å². The Kier molecular flexibility index (Phi) is 3.20. The molecule has 0 fully saturated rings. The lowest BCUT2D eigenvalue weighted by molar-refractivity contribution is -0.00000235. The minimum Gasteiger partial charge on any atom is -1.00 e. The summed E-state index contributed by atoms with van der Waals surface area (Å²) in [6, 6.07) is 10.5. The molecule has 0 N–H and O–H groups in total. The summed E-state index contributed by atoms with van der Waals surface area (Å²) in [7, 11) is 6.49. The predicted molar refractivity (Wildman–Crippen MR) is 46.0 cm³/mol. The standard InChI is InChI=1S/C9H14N.FH/c1-10(2,3)9-7-5-4-6-8-9;/h4-8H,1-3H3;1H/q+1;/p-1. The van der Waals surface area contributed by atoms with Crippen LogP contribution in [0.2, 0.25) is 0 Å². The Morgan fingerprint density at radius 3 is 1.64 bits per heavy atom. The van der Waals surface area contributed by atoms with E-state index in [1.54, 1.807) is 0 Å². The van der Waals surface area contributed by atoms with Gasteiger partial charge in [-0.25, -0.2) is 0 Å². The van der Waals surface area contributed by atoms with Crippen LogP contribution in [0.15, 0.2) is 30.3 Å². The van der Waals surface area contributed by atoms with E-state index in [4.69, 9.17) is 0 Å². The van der Waals surface area contributed by atoms with E-state index in [2.05, 4.69) is 45.4 Å². The predicted octanol–water partition coefficient (Wildman–Crippen LogP) is -1.11. The molecule has 62 valence electrons. The highest BCUT2D eigenvalue weighted by molar-refractivity contribution is 5.40. The Morgan fingerprint density at radius 2 is 1.36 bits per heavy atom. The van der Waals surface area contributed by atoms with Gasteiger partial charge in [0.05, 0.1) is 21.1 Å². The Balaban J connectivity index is 0.000001000. The molecule has 0 amide bonds. The molecular formula is C9H14FN. The third-order valence-corrected chi connectivity index (χ3v) is 1.53. The number of hydrogen-bond acceptors (Lipinski definition) is 0. The van der Waals surface area contributed by atoms with Crippen LogP contribution in [0.4, 0.5) is 5.69 Å². The Bertz CT molecular complexity index is 201. The fourth-order valence-electron chi connectivity index (χ4n) is 0.875. The van der Waals surface area contributed by atoms with Gasteiger partial charge in [0.15, 0.2) is 0 Å². The van der Waals surface area contributed by atoms with E-state index < -0.39 is 0 Å². The van der Waals surface area contributed by atoms with Gasteiger partial charge in [0.2, 0.25) is 0 Å². The average molecular weight is 155 g/mol. The van der Waals surface area contributed by atoms with Gasteiger partial charge in [0.25, 0.3) is 0 Å². The molecule has 0 bridgehead atoms. The monoisotopic (exact) mass is 155 g/mol. The Hall–Kier alpha value is -0.890. The molecule has 0 radical (unpaired) electrons. The van der Waals surface area contributed by atoms with Crippen LogP contribution in [0.1, 0.15) is 0 Å². The second kappa shape index (κ2) is 3.49. The molecule has 1 rings (SSSR count). The van der Waals surface area contributed by atoms with Crippen LogP contribution in [-0.4, -0.2) is 21.1 Å². The van der Waals surface area contributed by atoms with Gasteiger partial charge in [-0.2, -0.15) is 0 Å². The third-order valence-electron chi connectivity index (χ3n) is 1.53. The van der Waals surface area contributed by atoms with E-state index in [0.29, 0.717) is 0 Å². The number of benzene rings is 1. The zero-order valence-corrected chi connectivity index (χ0v) is 7.21. The maximum Gasteiger partial charge on any atom is 0.132 e.